The maximum absolute atomic E-state index is 5.35. The minimum Gasteiger partial charge on any atom is -0.256 e. The second kappa shape index (κ2) is 9.59. The van der Waals surface area contributed by atoms with Crippen molar-refractivity contribution >= 4 is 64.0 Å². The number of benzene rings is 6. The third kappa shape index (κ3) is 3.86. The summed E-state index contributed by atoms with van der Waals surface area (Å²) in [5.41, 5.74) is 7.53. The van der Waals surface area contributed by atoms with Crippen molar-refractivity contribution in [1.29, 1.82) is 0 Å². The number of pyridine rings is 2. The average molecular weight is 565 g/mol. The third-order valence-electron chi connectivity index (χ3n) is 8.51. The predicted molar refractivity (Wildman–Crippen MR) is 184 cm³/mol. The van der Waals surface area contributed by atoms with E-state index in [0.717, 1.165) is 33.4 Å². The summed E-state index contributed by atoms with van der Waals surface area (Å²) in [5, 5.41) is 8.52. The molecular weight excluding hydrogens is 541 g/mol. The number of fused-ring (bicyclic) bond motifs is 6. The van der Waals surface area contributed by atoms with E-state index >= 15 is 0 Å². The van der Waals surface area contributed by atoms with E-state index in [1.165, 1.54) is 52.8 Å². The number of rotatable bonds is 3. The number of thiophene rings is 1. The maximum atomic E-state index is 5.35. The van der Waals surface area contributed by atoms with Crippen LogP contribution < -0.4 is 0 Å². The van der Waals surface area contributed by atoms with Crippen LogP contribution in [0.1, 0.15) is 0 Å². The van der Waals surface area contributed by atoms with Crippen LogP contribution in [-0.2, 0) is 0 Å². The van der Waals surface area contributed by atoms with Crippen LogP contribution in [-0.4, -0.2) is 9.97 Å². The topological polar surface area (TPSA) is 25.8 Å². The van der Waals surface area contributed by atoms with Crippen LogP contribution in [0, 0.1) is 0 Å². The second-order valence-corrected chi connectivity index (χ2v) is 12.1. The average Bonchev–Trinajstić information content (AvgIpc) is 3.46. The molecule has 200 valence electrons. The zero-order valence-electron chi connectivity index (χ0n) is 23.2. The maximum Gasteiger partial charge on any atom is 0.0803 e. The lowest BCUT2D eigenvalue weighted by atomic mass is 9.91. The van der Waals surface area contributed by atoms with E-state index in [9.17, 15) is 0 Å². The summed E-state index contributed by atoms with van der Waals surface area (Å²) in [6.45, 7) is 0. The van der Waals surface area contributed by atoms with Crippen LogP contribution in [0.2, 0.25) is 0 Å². The van der Waals surface area contributed by atoms with E-state index < -0.39 is 0 Å². The Labute approximate surface area is 252 Å². The molecule has 43 heavy (non-hydrogen) atoms. The van der Waals surface area contributed by atoms with Crippen molar-refractivity contribution in [3.05, 3.63) is 146 Å². The molecule has 0 aliphatic rings. The first-order valence-electron chi connectivity index (χ1n) is 14.5. The van der Waals surface area contributed by atoms with Gasteiger partial charge in [-0.05, 0) is 69.1 Å². The molecule has 0 aliphatic heterocycles. The molecule has 3 aromatic heterocycles. The Morgan fingerprint density at radius 2 is 1.19 bits per heavy atom. The highest BCUT2D eigenvalue weighted by molar-refractivity contribution is 7.25. The summed E-state index contributed by atoms with van der Waals surface area (Å²) in [6.07, 6.45) is 1.86. The van der Waals surface area contributed by atoms with Gasteiger partial charge in [0.2, 0.25) is 0 Å². The summed E-state index contributed by atoms with van der Waals surface area (Å²) in [5.74, 6) is 0. The quantitative estimate of drug-likeness (QED) is 0.213. The van der Waals surface area contributed by atoms with E-state index in [0.29, 0.717) is 0 Å². The van der Waals surface area contributed by atoms with Gasteiger partial charge in [0, 0.05) is 42.9 Å². The van der Waals surface area contributed by atoms with Gasteiger partial charge in [0.1, 0.15) is 0 Å². The molecule has 6 aromatic carbocycles. The van der Waals surface area contributed by atoms with Crippen LogP contribution in [0.3, 0.4) is 0 Å². The number of nitrogens with zero attached hydrogens (tertiary/aromatic N) is 2. The number of aromatic nitrogens is 2. The minimum absolute atomic E-state index is 0.927. The molecule has 0 bridgehead atoms. The Morgan fingerprint density at radius 3 is 2.09 bits per heavy atom. The minimum atomic E-state index is 0.927. The van der Waals surface area contributed by atoms with Gasteiger partial charge in [0.25, 0.3) is 0 Å². The molecule has 2 nitrogen and oxygen atoms in total. The standard InChI is InChI=1S/C40H24N2S/c1-2-10-26-23-27(19-18-25(26)9-1)40-33-15-8-22-41-35(33)24-36(42-40)31-21-20-30(28-11-3-4-12-29(28)31)32-14-7-17-38-39(32)34-13-5-6-16-37(34)43-38/h1-24H. The summed E-state index contributed by atoms with van der Waals surface area (Å²) in [6, 6.07) is 50.0. The van der Waals surface area contributed by atoms with Crippen molar-refractivity contribution in [2.24, 2.45) is 0 Å². The largest absolute Gasteiger partial charge is 0.256 e. The van der Waals surface area contributed by atoms with Gasteiger partial charge >= 0.3 is 0 Å². The highest BCUT2D eigenvalue weighted by atomic mass is 32.1. The molecule has 3 heterocycles. The first kappa shape index (κ1) is 24.2. The normalized spacial score (nSPS) is 11.7. The smallest absolute Gasteiger partial charge is 0.0803 e. The first-order valence-corrected chi connectivity index (χ1v) is 15.3. The van der Waals surface area contributed by atoms with E-state index in [1.807, 2.05) is 23.6 Å². The second-order valence-electron chi connectivity index (χ2n) is 11.0. The fourth-order valence-corrected chi connectivity index (χ4v) is 7.66. The van der Waals surface area contributed by atoms with E-state index in [4.69, 9.17) is 9.97 Å². The van der Waals surface area contributed by atoms with Crippen molar-refractivity contribution in [2.75, 3.05) is 0 Å². The van der Waals surface area contributed by atoms with Gasteiger partial charge in [-0.15, -0.1) is 11.3 Å². The summed E-state index contributed by atoms with van der Waals surface area (Å²) in [4.78, 5) is 10.1. The van der Waals surface area contributed by atoms with Crippen molar-refractivity contribution in [3.8, 4) is 33.6 Å². The van der Waals surface area contributed by atoms with Gasteiger partial charge in [0.15, 0.2) is 0 Å². The van der Waals surface area contributed by atoms with Crippen molar-refractivity contribution in [3.63, 3.8) is 0 Å². The Morgan fingerprint density at radius 1 is 0.465 bits per heavy atom. The molecule has 0 N–H and O–H groups in total. The molecule has 9 aromatic rings. The molecule has 0 atom stereocenters. The third-order valence-corrected chi connectivity index (χ3v) is 9.65. The summed E-state index contributed by atoms with van der Waals surface area (Å²) < 4.78 is 2.63. The molecule has 0 saturated carbocycles. The van der Waals surface area contributed by atoms with Crippen molar-refractivity contribution < 1.29 is 0 Å². The fraction of sp³-hybridized carbons (Fsp3) is 0. The lowest BCUT2D eigenvalue weighted by molar-refractivity contribution is 1.33. The van der Waals surface area contributed by atoms with Crippen LogP contribution in [0.5, 0.6) is 0 Å². The molecular formula is C40H24N2S. The molecule has 0 spiro atoms. The van der Waals surface area contributed by atoms with E-state index in [2.05, 4.69) is 133 Å². The molecule has 0 unspecified atom stereocenters. The Balaban J connectivity index is 1.29. The highest BCUT2D eigenvalue weighted by Crippen LogP contribution is 2.43. The van der Waals surface area contributed by atoms with Gasteiger partial charge in [-0.1, -0.05) is 103 Å². The number of hydrogen-bond acceptors (Lipinski definition) is 3. The highest BCUT2D eigenvalue weighted by Gasteiger charge is 2.17. The van der Waals surface area contributed by atoms with Crippen LogP contribution >= 0.6 is 11.3 Å². The van der Waals surface area contributed by atoms with Gasteiger partial charge < -0.3 is 0 Å². The van der Waals surface area contributed by atoms with Crippen LogP contribution in [0.25, 0.3) is 86.3 Å². The van der Waals surface area contributed by atoms with Crippen molar-refractivity contribution in [2.45, 2.75) is 0 Å². The summed E-state index contributed by atoms with van der Waals surface area (Å²) >= 11 is 1.86. The Hall–Kier alpha value is -5.38. The van der Waals surface area contributed by atoms with Crippen molar-refractivity contribution in [1.82, 2.24) is 9.97 Å². The molecule has 9 rings (SSSR count). The molecule has 0 amide bonds. The summed E-state index contributed by atoms with van der Waals surface area (Å²) in [7, 11) is 0. The zero-order valence-corrected chi connectivity index (χ0v) is 24.0. The SMILES string of the molecule is c1ccc2cc(-c3nc(-c4ccc(-c5cccc6sc7ccccc7c56)c5ccccc45)cc4ncccc34)ccc2c1. The van der Waals surface area contributed by atoms with E-state index in [-0.39, 0.29) is 0 Å². The Bertz CT molecular complexity index is 2520. The lowest BCUT2D eigenvalue weighted by Crippen LogP contribution is -1.94. The molecule has 0 aliphatic carbocycles. The fourth-order valence-electron chi connectivity index (χ4n) is 6.53. The van der Waals surface area contributed by atoms with Crippen LogP contribution in [0.15, 0.2) is 146 Å². The first-order chi connectivity index (χ1) is 21.3. The molecule has 0 radical (unpaired) electrons. The molecule has 3 heteroatoms. The molecule has 0 saturated heterocycles. The van der Waals surface area contributed by atoms with Gasteiger partial charge in [-0.3, -0.25) is 4.98 Å². The zero-order chi connectivity index (χ0) is 28.3. The molecule has 0 fully saturated rings. The van der Waals surface area contributed by atoms with Crippen LogP contribution in [0.4, 0.5) is 0 Å². The lowest BCUT2D eigenvalue weighted by Gasteiger charge is -2.15. The number of hydrogen-bond donors (Lipinski definition) is 0. The Kier molecular flexibility index (Phi) is 5.40. The monoisotopic (exact) mass is 564 g/mol. The van der Waals surface area contributed by atoms with Gasteiger partial charge in [0.05, 0.1) is 16.9 Å². The van der Waals surface area contributed by atoms with Gasteiger partial charge in [-0.25, -0.2) is 4.98 Å². The van der Waals surface area contributed by atoms with E-state index in [1.54, 1.807) is 0 Å². The predicted octanol–water partition coefficient (Wildman–Crippen LogP) is 11.3. The van der Waals surface area contributed by atoms with Gasteiger partial charge in [-0.2, -0.15) is 0 Å².